The molecule has 0 bridgehead atoms. The van der Waals surface area contributed by atoms with Crippen LogP contribution in [-0.4, -0.2) is 24.0 Å². The SMILES string of the molecule is Cc1ccc(S(=O)(=O)N/N=C/c2c(Br)nc3sccn23)cc1. The Bertz CT molecular complexity index is 942. The molecule has 1 aromatic carbocycles. The highest BCUT2D eigenvalue weighted by atomic mass is 79.9. The van der Waals surface area contributed by atoms with E-state index in [2.05, 4.69) is 30.8 Å². The van der Waals surface area contributed by atoms with Crippen LogP contribution in [0, 0.1) is 6.92 Å². The van der Waals surface area contributed by atoms with Crippen molar-refractivity contribution in [2.24, 2.45) is 5.10 Å². The van der Waals surface area contributed by atoms with Crippen molar-refractivity contribution >= 4 is 48.5 Å². The van der Waals surface area contributed by atoms with E-state index in [0.717, 1.165) is 10.5 Å². The van der Waals surface area contributed by atoms with Crippen LogP contribution < -0.4 is 4.83 Å². The number of halogens is 1. The maximum absolute atomic E-state index is 12.1. The average Bonchev–Trinajstić information content (AvgIpc) is 3.02. The van der Waals surface area contributed by atoms with Crippen LogP contribution in [0.15, 0.2) is 50.4 Å². The first-order chi connectivity index (χ1) is 10.5. The van der Waals surface area contributed by atoms with Gasteiger partial charge >= 0.3 is 0 Å². The van der Waals surface area contributed by atoms with Crippen molar-refractivity contribution in [3.05, 3.63) is 51.7 Å². The lowest BCUT2D eigenvalue weighted by Gasteiger charge is -2.03. The minimum absolute atomic E-state index is 0.170. The van der Waals surface area contributed by atoms with Crippen LogP contribution in [0.2, 0.25) is 0 Å². The summed E-state index contributed by atoms with van der Waals surface area (Å²) >= 11 is 4.81. The summed E-state index contributed by atoms with van der Waals surface area (Å²) in [6, 6.07) is 6.56. The number of rotatable bonds is 4. The standard InChI is InChI=1S/C13H11BrN4O2S2/c1-9-2-4-10(5-3-9)22(19,20)17-15-8-11-12(14)16-13-18(11)6-7-21-13/h2-8,17H,1H3/b15-8+. The third kappa shape index (κ3) is 2.92. The number of benzene rings is 1. The Kier molecular flexibility index (Phi) is 4.02. The molecule has 0 atom stereocenters. The molecule has 0 aliphatic heterocycles. The van der Waals surface area contributed by atoms with E-state index in [1.165, 1.54) is 17.6 Å². The van der Waals surface area contributed by atoms with E-state index < -0.39 is 10.0 Å². The molecule has 0 radical (unpaired) electrons. The first-order valence-corrected chi connectivity index (χ1v) is 9.35. The van der Waals surface area contributed by atoms with E-state index in [1.807, 2.05) is 22.9 Å². The van der Waals surface area contributed by atoms with Gasteiger partial charge in [-0.05, 0) is 35.0 Å². The van der Waals surface area contributed by atoms with Crippen LogP contribution >= 0.6 is 27.3 Å². The summed E-state index contributed by atoms with van der Waals surface area (Å²) in [5.74, 6) is 0. The maximum atomic E-state index is 12.1. The van der Waals surface area contributed by atoms with Gasteiger partial charge in [0.05, 0.1) is 11.1 Å². The molecule has 2 heterocycles. The topological polar surface area (TPSA) is 75.8 Å². The highest BCUT2D eigenvalue weighted by Crippen LogP contribution is 2.20. The number of imidazole rings is 1. The van der Waals surface area contributed by atoms with Gasteiger partial charge in [0.2, 0.25) is 0 Å². The molecule has 22 heavy (non-hydrogen) atoms. The Morgan fingerprint density at radius 2 is 2.09 bits per heavy atom. The number of fused-ring (bicyclic) bond motifs is 1. The molecule has 6 nitrogen and oxygen atoms in total. The second kappa shape index (κ2) is 5.82. The smallest absolute Gasteiger partial charge is 0.276 e. The second-order valence-corrected chi connectivity index (χ2v) is 7.79. The summed E-state index contributed by atoms with van der Waals surface area (Å²) < 4.78 is 26.7. The second-order valence-electron chi connectivity index (χ2n) is 4.51. The van der Waals surface area contributed by atoms with Crippen LogP contribution in [0.5, 0.6) is 0 Å². The number of aryl methyl sites for hydroxylation is 1. The zero-order valence-electron chi connectivity index (χ0n) is 11.4. The van der Waals surface area contributed by atoms with E-state index in [-0.39, 0.29) is 4.90 Å². The fourth-order valence-corrected chi connectivity index (χ4v) is 3.91. The van der Waals surface area contributed by atoms with E-state index >= 15 is 0 Å². The van der Waals surface area contributed by atoms with E-state index in [4.69, 9.17) is 0 Å². The lowest BCUT2D eigenvalue weighted by molar-refractivity contribution is 0.584. The number of hydrogen-bond donors (Lipinski definition) is 1. The fourth-order valence-electron chi connectivity index (χ4n) is 1.82. The zero-order chi connectivity index (χ0) is 15.7. The zero-order valence-corrected chi connectivity index (χ0v) is 14.6. The number of hydrogen-bond acceptors (Lipinski definition) is 5. The van der Waals surface area contributed by atoms with E-state index in [9.17, 15) is 8.42 Å². The molecule has 1 N–H and O–H groups in total. The van der Waals surface area contributed by atoms with Crippen molar-refractivity contribution in [3.63, 3.8) is 0 Å². The van der Waals surface area contributed by atoms with E-state index in [1.54, 1.807) is 24.3 Å². The summed E-state index contributed by atoms with van der Waals surface area (Å²) in [5, 5.41) is 5.72. The number of nitrogens with zero attached hydrogens (tertiary/aromatic N) is 3. The fraction of sp³-hybridized carbons (Fsp3) is 0.0769. The Labute approximate surface area is 139 Å². The number of sulfonamides is 1. The summed E-state index contributed by atoms with van der Waals surface area (Å²) in [7, 11) is -3.67. The molecule has 0 saturated carbocycles. The number of thiazole rings is 1. The Hall–Kier alpha value is -1.71. The summed E-state index contributed by atoms with van der Waals surface area (Å²) in [5.41, 5.74) is 1.66. The lowest BCUT2D eigenvalue weighted by atomic mass is 10.2. The molecule has 0 fully saturated rings. The van der Waals surface area contributed by atoms with Crippen LogP contribution in [-0.2, 0) is 10.0 Å². The molecule has 9 heteroatoms. The third-order valence-electron chi connectivity index (χ3n) is 2.95. The van der Waals surface area contributed by atoms with Crippen molar-refractivity contribution in [3.8, 4) is 0 Å². The lowest BCUT2D eigenvalue weighted by Crippen LogP contribution is -2.18. The molecule has 0 aliphatic carbocycles. The van der Waals surface area contributed by atoms with Crippen LogP contribution in [0.4, 0.5) is 0 Å². The van der Waals surface area contributed by atoms with Crippen molar-refractivity contribution in [1.29, 1.82) is 0 Å². The Morgan fingerprint density at radius 1 is 1.36 bits per heavy atom. The molecular weight excluding hydrogens is 388 g/mol. The Morgan fingerprint density at radius 3 is 2.82 bits per heavy atom. The van der Waals surface area contributed by atoms with Gasteiger partial charge in [-0.2, -0.15) is 13.5 Å². The number of aromatic nitrogens is 2. The Balaban J connectivity index is 1.83. The van der Waals surface area contributed by atoms with Crippen LogP contribution in [0.25, 0.3) is 4.96 Å². The van der Waals surface area contributed by atoms with Crippen molar-refractivity contribution in [2.75, 3.05) is 0 Å². The number of nitrogens with one attached hydrogen (secondary N) is 1. The molecule has 0 unspecified atom stereocenters. The summed E-state index contributed by atoms with van der Waals surface area (Å²) in [4.78, 5) is 7.46. The molecule has 114 valence electrons. The van der Waals surface area contributed by atoms with Crippen molar-refractivity contribution < 1.29 is 8.42 Å². The molecule has 0 amide bonds. The van der Waals surface area contributed by atoms with Gasteiger partial charge in [-0.1, -0.05) is 17.7 Å². The maximum Gasteiger partial charge on any atom is 0.276 e. The monoisotopic (exact) mass is 398 g/mol. The predicted molar refractivity (Wildman–Crippen MR) is 89.9 cm³/mol. The van der Waals surface area contributed by atoms with Crippen LogP contribution in [0.3, 0.4) is 0 Å². The largest absolute Gasteiger partial charge is 0.288 e. The van der Waals surface area contributed by atoms with E-state index in [0.29, 0.717) is 10.3 Å². The van der Waals surface area contributed by atoms with Gasteiger partial charge in [-0.3, -0.25) is 4.40 Å². The van der Waals surface area contributed by atoms with Crippen molar-refractivity contribution in [1.82, 2.24) is 14.2 Å². The molecule has 0 spiro atoms. The molecule has 0 aliphatic rings. The van der Waals surface area contributed by atoms with Gasteiger partial charge in [0.25, 0.3) is 10.0 Å². The molecule has 3 aromatic rings. The van der Waals surface area contributed by atoms with Gasteiger partial charge < -0.3 is 0 Å². The molecule has 3 rings (SSSR count). The normalized spacial score (nSPS) is 12.3. The van der Waals surface area contributed by atoms with Gasteiger partial charge in [-0.25, -0.2) is 9.82 Å². The highest BCUT2D eigenvalue weighted by molar-refractivity contribution is 9.10. The van der Waals surface area contributed by atoms with Gasteiger partial charge in [0.1, 0.15) is 10.3 Å². The van der Waals surface area contributed by atoms with Crippen LogP contribution in [0.1, 0.15) is 11.3 Å². The first kappa shape index (κ1) is 15.2. The highest BCUT2D eigenvalue weighted by Gasteiger charge is 2.13. The quantitative estimate of drug-likeness (QED) is 0.542. The third-order valence-corrected chi connectivity index (χ3v) is 5.52. The van der Waals surface area contributed by atoms with Gasteiger partial charge in [0.15, 0.2) is 4.96 Å². The van der Waals surface area contributed by atoms with Gasteiger partial charge in [0, 0.05) is 11.6 Å². The molecular formula is C13H11BrN4O2S2. The minimum atomic E-state index is -3.67. The summed E-state index contributed by atoms with van der Waals surface area (Å²) in [6.45, 7) is 1.89. The first-order valence-electron chi connectivity index (χ1n) is 6.20. The number of hydrazone groups is 1. The van der Waals surface area contributed by atoms with Crippen molar-refractivity contribution in [2.45, 2.75) is 11.8 Å². The predicted octanol–water partition coefficient (Wildman–Crippen LogP) is 2.78. The van der Waals surface area contributed by atoms with Gasteiger partial charge in [-0.15, -0.1) is 11.3 Å². The minimum Gasteiger partial charge on any atom is -0.288 e. The molecule has 0 saturated heterocycles. The summed E-state index contributed by atoms with van der Waals surface area (Å²) in [6.07, 6.45) is 3.26. The average molecular weight is 399 g/mol. The molecule has 2 aromatic heterocycles.